The lowest BCUT2D eigenvalue weighted by Gasteiger charge is -2.30. The predicted octanol–water partition coefficient (Wildman–Crippen LogP) is 1.52. The zero-order chi connectivity index (χ0) is 11.8. The summed E-state index contributed by atoms with van der Waals surface area (Å²) in [6, 6.07) is 0. The van der Waals surface area contributed by atoms with Crippen LogP contribution in [0.1, 0.15) is 49.2 Å². The second-order valence-electron chi connectivity index (χ2n) is 5.43. The molecule has 0 aliphatic carbocycles. The molecule has 1 N–H and O–H groups in total. The maximum absolute atomic E-state index is 9.95. The molecule has 2 aliphatic heterocycles. The lowest BCUT2D eigenvalue weighted by molar-refractivity contribution is 0.137. The monoisotopic (exact) mass is 235 g/mol. The molecule has 0 amide bonds. The van der Waals surface area contributed by atoms with Gasteiger partial charge in [-0.3, -0.25) is 0 Å². The average molecular weight is 235 g/mol. The third-order valence-corrected chi connectivity index (χ3v) is 4.20. The molecule has 0 saturated carbocycles. The molecule has 3 rings (SSSR count). The van der Waals surface area contributed by atoms with Gasteiger partial charge in [-0.1, -0.05) is 0 Å². The summed E-state index contributed by atoms with van der Waals surface area (Å²) in [4.78, 5) is 6.96. The summed E-state index contributed by atoms with van der Waals surface area (Å²) in [5.74, 6) is 1.80. The van der Waals surface area contributed by atoms with E-state index in [9.17, 15) is 5.11 Å². The first-order chi connectivity index (χ1) is 8.25. The van der Waals surface area contributed by atoms with E-state index in [2.05, 4.69) is 21.5 Å². The number of nitrogens with zero attached hydrogens (tertiary/aromatic N) is 3. The first kappa shape index (κ1) is 11.2. The predicted molar refractivity (Wildman–Crippen MR) is 65.9 cm³/mol. The molecule has 1 atom stereocenters. The molecule has 4 nitrogen and oxygen atoms in total. The molecule has 1 fully saturated rings. The molecule has 0 bridgehead atoms. The van der Waals surface area contributed by atoms with Crippen molar-refractivity contribution in [2.75, 3.05) is 20.1 Å². The summed E-state index contributed by atoms with van der Waals surface area (Å²) >= 11 is 0. The number of piperidine rings is 1. The average Bonchev–Trinajstić information content (AvgIpc) is 2.75. The van der Waals surface area contributed by atoms with Crippen LogP contribution in [-0.4, -0.2) is 39.7 Å². The Kier molecular flexibility index (Phi) is 2.92. The van der Waals surface area contributed by atoms with Crippen molar-refractivity contribution in [2.24, 2.45) is 0 Å². The summed E-state index contributed by atoms with van der Waals surface area (Å²) < 4.78 is 2.27. The maximum Gasteiger partial charge on any atom is 0.112 e. The zero-order valence-electron chi connectivity index (χ0n) is 10.5. The van der Waals surface area contributed by atoms with E-state index in [0.717, 1.165) is 38.2 Å². The summed E-state index contributed by atoms with van der Waals surface area (Å²) in [6.45, 7) is 3.36. The quantitative estimate of drug-likeness (QED) is 0.802. The Balaban J connectivity index is 1.84. The minimum Gasteiger partial charge on any atom is -0.387 e. The number of rotatable bonds is 1. The topological polar surface area (TPSA) is 41.3 Å². The van der Waals surface area contributed by atoms with Crippen molar-refractivity contribution in [1.82, 2.24) is 14.5 Å². The number of imidazole rings is 1. The second-order valence-corrected chi connectivity index (χ2v) is 5.43. The lowest BCUT2D eigenvalue weighted by atomic mass is 9.96. The van der Waals surface area contributed by atoms with Crippen molar-refractivity contribution in [1.29, 1.82) is 0 Å². The highest BCUT2D eigenvalue weighted by atomic mass is 16.3. The molecule has 1 saturated heterocycles. The van der Waals surface area contributed by atoms with Crippen molar-refractivity contribution >= 4 is 0 Å². The van der Waals surface area contributed by atoms with Gasteiger partial charge in [0.15, 0.2) is 0 Å². The third kappa shape index (κ3) is 2.00. The largest absolute Gasteiger partial charge is 0.387 e. The van der Waals surface area contributed by atoms with E-state index < -0.39 is 0 Å². The molecule has 1 aromatic rings. The minimum atomic E-state index is -0.295. The normalized spacial score (nSPS) is 27.1. The second kappa shape index (κ2) is 4.42. The molecule has 3 heterocycles. The summed E-state index contributed by atoms with van der Waals surface area (Å²) in [5, 5.41) is 9.95. The van der Waals surface area contributed by atoms with E-state index in [1.807, 2.05) is 6.20 Å². The van der Waals surface area contributed by atoms with E-state index in [4.69, 9.17) is 0 Å². The van der Waals surface area contributed by atoms with Gasteiger partial charge in [-0.15, -0.1) is 0 Å². The van der Waals surface area contributed by atoms with Gasteiger partial charge in [0.25, 0.3) is 0 Å². The van der Waals surface area contributed by atoms with Crippen LogP contribution in [0.5, 0.6) is 0 Å². The molecule has 0 radical (unpaired) electrons. The molecule has 0 spiro atoms. The Bertz CT molecular complexity index is 393. The van der Waals surface area contributed by atoms with Gasteiger partial charge in [-0.2, -0.15) is 0 Å². The molecule has 4 heteroatoms. The lowest BCUT2D eigenvalue weighted by Crippen LogP contribution is -2.31. The zero-order valence-corrected chi connectivity index (χ0v) is 10.5. The van der Waals surface area contributed by atoms with Crippen molar-refractivity contribution in [3.63, 3.8) is 0 Å². The smallest absolute Gasteiger partial charge is 0.112 e. The van der Waals surface area contributed by atoms with E-state index in [-0.39, 0.29) is 6.10 Å². The first-order valence-corrected chi connectivity index (χ1v) is 6.67. The van der Waals surface area contributed by atoms with Gasteiger partial charge in [0.2, 0.25) is 0 Å². The fraction of sp³-hybridized carbons (Fsp3) is 0.769. The van der Waals surface area contributed by atoms with Gasteiger partial charge < -0.3 is 14.6 Å². The van der Waals surface area contributed by atoms with E-state index in [1.54, 1.807) is 0 Å². The Labute approximate surface area is 102 Å². The molecule has 94 valence electrons. The molecule has 0 aromatic carbocycles. The molecular weight excluding hydrogens is 214 g/mol. The van der Waals surface area contributed by atoms with Gasteiger partial charge in [-0.05, 0) is 45.8 Å². The van der Waals surface area contributed by atoms with Crippen molar-refractivity contribution in [3.05, 3.63) is 17.7 Å². The summed E-state index contributed by atoms with van der Waals surface area (Å²) in [7, 11) is 2.18. The number of aliphatic hydroxyl groups excluding tert-OH is 1. The van der Waals surface area contributed by atoms with Crippen LogP contribution in [0.15, 0.2) is 6.20 Å². The highest BCUT2D eigenvalue weighted by Gasteiger charge is 2.27. The third-order valence-electron chi connectivity index (χ3n) is 4.20. The van der Waals surface area contributed by atoms with Gasteiger partial charge in [0.05, 0.1) is 18.0 Å². The minimum absolute atomic E-state index is 0.295. The molecule has 1 unspecified atom stereocenters. The van der Waals surface area contributed by atoms with E-state index >= 15 is 0 Å². The number of aromatic nitrogens is 2. The van der Waals surface area contributed by atoms with Gasteiger partial charge >= 0.3 is 0 Å². The molecule has 2 aliphatic rings. The van der Waals surface area contributed by atoms with Crippen molar-refractivity contribution in [2.45, 2.75) is 44.2 Å². The molecule has 1 aromatic heterocycles. The Morgan fingerprint density at radius 1 is 1.24 bits per heavy atom. The van der Waals surface area contributed by atoms with Crippen LogP contribution in [0.3, 0.4) is 0 Å². The Morgan fingerprint density at radius 3 is 2.76 bits per heavy atom. The van der Waals surface area contributed by atoms with Crippen LogP contribution in [-0.2, 0) is 6.54 Å². The van der Waals surface area contributed by atoms with Gasteiger partial charge in [-0.25, -0.2) is 4.98 Å². The van der Waals surface area contributed by atoms with Crippen LogP contribution in [0.2, 0.25) is 0 Å². The Morgan fingerprint density at radius 2 is 2.00 bits per heavy atom. The number of likely N-dealkylation sites (tertiary alicyclic amines) is 1. The maximum atomic E-state index is 9.95. The van der Waals surface area contributed by atoms with Crippen LogP contribution >= 0.6 is 0 Å². The van der Waals surface area contributed by atoms with Gasteiger partial charge in [0.1, 0.15) is 5.82 Å². The van der Waals surface area contributed by atoms with Crippen LogP contribution in [0.25, 0.3) is 0 Å². The van der Waals surface area contributed by atoms with Crippen LogP contribution in [0.4, 0.5) is 0 Å². The summed E-state index contributed by atoms with van der Waals surface area (Å²) in [6.07, 6.45) is 5.95. The number of aliphatic hydroxyl groups is 1. The first-order valence-electron chi connectivity index (χ1n) is 6.67. The highest BCUT2D eigenvalue weighted by Crippen LogP contribution is 2.32. The Hall–Kier alpha value is -0.870. The van der Waals surface area contributed by atoms with Crippen LogP contribution in [0, 0.1) is 0 Å². The van der Waals surface area contributed by atoms with Gasteiger partial charge in [0, 0.05) is 12.5 Å². The molecule has 17 heavy (non-hydrogen) atoms. The SMILES string of the molecule is CN1CCC(c2ncc3n2CCCC3O)CC1. The van der Waals surface area contributed by atoms with Crippen molar-refractivity contribution in [3.8, 4) is 0 Å². The summed E-state index contributed by atoms with van der Waals surface area (Å²) in [5.41, 5.74) is 1.03. The number of hydrogen-bond acceptors (Lipinski definition) is 3. The van der Waals surface area contributed by atoms with E-state index in [1.165, 1.54) is 18.7 Å². The fourth-order valence-electron chi connectivity index (χ4n) is 3.10. The number of hydrogen-bond donors (Lipinski definition) is 1. The van der Waals surface area contributed by atoms with Crippen LogP contribution < -0.4 is 0 Å². The van der Waals surface area contributed by atoms with E-state index in [0.29, 0.717) is 5.92 Å². The number of fused-ring (bicyclic) bond motifs is 1. The fourth-order valence-corrected chi connectivity index (χ4v) is 3.10. The highest BCUT2D eigenvalue weighted by molar-refractivity contribution is 5.14. The molecular formula is C13H21N3O. The van der Waals surface area contributed by atoms with Crippen molar-refractivity contribution < 1.29 is 5.11 Å². The standard InChI is InChI=1S/C13H21N3O/c1-15-7-4-10(5-8-15)13-14-9-11-12(17)3-2-6-16(11)13/h9-10,12,17H,2-8H2,1H3.